The molecule has 0 radical (unpaired) electrons. The predicted molar refractivity (Wildman–Crippen MR) is 48.7 cm³/mol. The van der Waals surface area contributed by atoms with Gasteiger partial charge in [0.25, 0.3) is 0 Å². The second kappa shape index (κ2) is 3.02. The van der Waals surface area contributed by atoms with E-state index in [1.54, 1.807) is 23.0 Å². The third-order valence-electron chi connectivity index (χ3n) is 1.96. The molecule has 0 atom stereocenters. The molecule has 0 spiro atoms. The molecule has 2 heterocycles. The van der Waals surface area contributed by atoms with Gasteiger partial charge in [-0.3, -0.25) is 0 Å². The quantitative estimate of drug-likeness (QED) is 0.772. The van der Waals surface area contributed by atoms with Gasteiger partial charge in [0.1, 0.15) is 11.1 Å². The minimum absolute atomic E-state index is 0.139. The first-order chi connectivity index (χ1) is 6.74. The van der Waals surface area contributed by atoms with E-state index in [9.17, 15) is 4.79 Å². The molecule has 0 aliphatic rings. The van der Waals surface area contributed by atoms with Gasteiger partial charge < -0.3 is 9.84 Å². The monoisotopic (exact) mass is 192 g/mol. The molecular weight excluding hydrogens is 184 g/mol. The molecule has 5 heteroatoms. The number of hydrogen-bond donors (Lipinski definition) is 1. The molecule has 2 rings (SSSR count). The molecule has 0 saturated carbocycles. The highest BCUT2D eigenvalue weighted by Gasteiger charge is 2.14. The van der Waals surface area contributed by atoms with Crippen LogP contribution in [0.2, 0.25) is 0 Å². The van der Waals surface area contributed by atoms with Gasteiger partial charge in [-0.25, -0.2) is 9.31 Å². The van der Waals surface area contributed by atoms with Crippen molar-refractivity contribution in [1.82, 2.24) is 9.61 Å². The molecule has 72 valence electrons. The van der Waals surface area contributed by atoms with Crippen LogP contribution in [-0.2, 0) is 0 Å². The molecule has 5 nitrogen and oxygen atoms in total. The number of aromatic carboxylic acids is 1. The average molecular weight is 192 g/mol. The topological polar surface area (TPSA) is 63.8 Å². The van der Waals surface area contributed by atoms with Crippen molar-refractivity contribution in [3.8, 4) is 5.75 Å². The Kier molecular flexibility index (Phi) is 1.85. The van der Waals surface area contributed by atoms with E-state index in [0.717, 1.165) is 0 Å². The molecule has 14 heavy (non-hydrogen) atoms. The van der Waals surface area contributed by atoms with Crippen LogP contribution in [0.15, 0.2) is 24.5 Å². The number of nitrogens with zero attached hydrogens (tertiary/aromatic N) is 2. The number of hydrogen-bond acceptors (Lipinski definition) is 3. The SMILES string of the molecule is COc1c(C(=O)O)ccn2nccc12. The second-order valence-corrected chi connectivity index (χ2v) is 2.73. The molecule has 0 saturated heterocycles. The van der Waals surface area contributed by atoms with E-state index in [-0.39, 0.29) is 5.56 Å². The number of rotatable bonds is 2. The Bertz CT molecular complexity index is 490. The molecule has 0 aliphatic carbocycles. The molecule has 1 N–H and O–H groups in total. The van der Waals surface area contributed by atoms with Crippen LogP contribution in [0, 0.1) is 0 Å². The molecule has 0 bridgehead atoms. The number of pyridine rings is 1. The van der Waals surface area contributed by atoms with Gasteiger partial charge in [0.05, 0.1) is 13.3 Å². The third kappa shape index (κ3) is 1.10. The maximum absolute atomic E-state index is 10.8. The van der Waals surface area contributed by atoms with Crippen LogP contribution in [0.25, 0.3) is 5.52 Å². The van der Waals surface area contributed by atoms with Crippen LogP contribution in [0.3, 0.4) is 0 Å². The maximum Gasteiger partial charge on any atom is 0.339 e. The Balaban J connectivity index is 2.78. The van der Waals surface area contributed by atoms with E-state index < -0.39 is 5.97 Å². The fourth-order valence-electron chi connectivity index (χ4n) is 1.35. The first-order valence-electron chi connectivity index (χ1n) is 3.97. The fourth-order valence-corrected chi connectivity index (χ4v) is 1.35. The number of carbonyl (C=O) groups is 1. The molecule has 0 fully saturated rings. The third-order valence-corrected chi connectivity index (χ3v) is 1.96. The summed E-state index contributed by atoms with van der Waals surface area (Å²) in [7, 11) is 1.44. The Morgan fingerprint density at radius 1 is 1.57 bits per heavy atom. The lowest BCUT2D eigenvalue weighted by atomic mass is 10.2. The van der Waals surface area contributed by atoms with Gasteiger partial charge in [-0.05, 0) is 12.1 Å². The lowest BCUT2D eigenvalue weighted by molar-refractivity contribution is 0.0693. The lowest BCUT2D eigenvalue weighted by Crippen LogP contribution is -2.02. The standard InChI is InChI=1S/C9H8N2O3/c1-14-8-6(9(12)13)3-5-11-7(8)2-4-10-11/h2-5H,1H3,(H,12,13). The fraction of sp³-hybridized carbons (Fsp3) is 0.111. The van der Waals surface area contributed by atoms with Crippen molar-refractivity contribution in [2.45, 2.75) is 0 Å². The summed E-state index contributed by atoms with van der Waals surface area (Å²) >= 11 is 0. The highest BCUT2D eigenvalue weighted by atomic mass is 16.5. The number of methoxy groups -OCH3 is 1. The van der Waals surface area contributed by atoms with E-state index in [1.807, 2.05) is 0 Å². The predicted octanol–water partition coefficient (Wildman–Crippen LogP) is 1.04. The van der Waals surface area contributed by atoms with Crippen molar-refractivity contribution < 1.29 is 14.6 Å². The van der Waals surface area contributed by atoms with Crippen molar-refractivity contribution >= 4 is 11.5 Å². The number of carboxylic acids is 1. The first kappa shape index (κ1) is 8.55. The van der Waals surface area contributed by atoms with Crippen molar-refractivity contribution in [2.24, 2.45) is 0 Å². The van der Waals surface area contributed by atoms with Gasteiger partial charge in [0, 0.05) is 6.20 Å². The Hall–Kier alpha value is -2.04. The molecule has 0 unspecified atom stereocenters. The molecule has 2 aromatic rings. The molecule has 0 aromatic carbocycles. The highest BCUT2D eigenvalue weighted by molar-refractivity contribution is 5.93. The smallest absolute Gasteiger partial charge is 0.339 e. The molecule has 2 aromatic heterocycles. The van der Waals surface area contributed by atoms with Gasteiger partial charge in [0.15, 0.2) is 5.75 Å². The zero-order valence-corrected chi connectivity index (χ0v) is 7.47. The summed E-state index contributed by atoms with van der Waals surface area (Å²) in [5.41, 5.74) is 0.785. The van der Waals surface area contributed by atoms with Gasteiger partial charge in [-0.15, -0.1) is 0 Å². The van der Waals surface area contributed by atoms with Crippen LogP contribution in [-0.4, -0.2) is 27.8 Å². The second-order valence-electron chi connectivity index (χ2n) is 2.73. The minimum atomic E-state index is -1.01. The van der Waals surface area contributed by atoms with E-state index in [4.69, 9.17) is 9.84 Å². The van der Waals surface area contributed by atoms with Crippen molar-refractivity contribution in [3.05, 3.63) is 30.1 Å². The summed E-state index contributed by atoms with van der Waals surface area (Å²) in [6.07, 6.45) is 3.17. The van der Waals surface area contributed by atoms with Crippen LogP contribution < -0.4 is 4.74 Å². The van der Waals surface area contributed by atoms with E-state index in [0.29, 0.717) is 11.3 Å². The van der Waals surface area contributed by atoms with Gasteiger partial charge in [-0.2, -0.15) is 5.10 Å². The average Bonchev–Trinajstić information content (AvgIpc) is 2.63. The number of aromatic nitrogens is 2. The van der Waals surface area contributed by atoms with E-state index in [1.165, 1.54) is 13.2 Å². The van der Waals surface area contributed by atoms with E-state index in [2.05, 4.69) is 5.10 Å². The Morgan fingerprint density at radius 3 is 3.00 bits per heavy atom. The van der Waals surface area contributed by atoms with Crippen molar-refractivity contribution in [2.75, 3.05) is 7.11 Å². The van der Waals surface area contributed by atoms with Crippen LogP contribution in [0.4, 0.5) is 0 Å². The summed E-state index contributed by atoms with van der Waals surface area (Å²) in [6, 6.07) is 3.16. The van der Waals surface area contributed by atoms with Crippen LogP contribution >= 0.6 is 0 Å². The van der Waals surface area contributed by atoms with Crippen LogP contribution in [0.5, 0.6) is 5.75 Å². The normalized spacial score (nSPS) is 10.4. The van der Waals surface area contributed by atoms with Crippen molar-refractivity contribution in [3.63, 3.8) is 0 Å². The van der Waals surface area contributed by atoms with E-state index >= 15 is 0 Å². The maximum atomic E-state index is 10.8. The highest BCUT2D eigenvalue weighted by Crippen LogP contribution is 2.24. The van der Waals surface area contributed by atoms with Crippen molar-refractivity contribution in [1.29, 1.82) is 0 Å². The number of ether oxygens (including phenoxy) is 1. The number of carboxylic acid groups (broad SMARTS) is 1. The largest absolute Gasteiger partial charge is 0.494 e. The Morgan fingerprint density at radius 2 is 2.36 bits per heavy atom. The van der Waals surface area contributed by atoms with Gasteiger partial charge >= 0.3 is 5.97 Å². The zero-order valence-electron chi connectivity index (χ0n) is 7.47. The molecular formula is C9H8N2O3. The minimum Gasteiger partial charge on any atom is -0.494 e. The lowest BCUT2D eigenvalue weighted by Gasteiger charge is -2.05. The summed E-state index contributed by atoms with van der Waals surface area (Å²) < 4.78 is 6.60. The Labute approximate surface area is 79.5 Å². The number of fused-ring (bicyclic) bond motifs is 1. The summed E-state index contributed by atoms with van der Waals surface area (Å²) in [5.74, 6) is -0.678. The van der Waals surface area contributed by atoms with Gasteiger partial charge in [-0.1, -0.05) is 0 Å². The van der Waals surface area contributed by atoms with Gasteiger partial charge in [0.2, 0.25) is 0 Å². The summed E-state index contributed by atoms with van der Waals surface area (Å²) in [6.45, 7) is 0. The molecule has 0 amide bonds. The summed E-state index contributed by atoms with van der Waals surface area (Å²) in [4.78, 5) is 10.8. The molecule has 0 aliphatic heterocycles. The first-order valence-corrected chi connectivity index (χ1v) is 3.97. The zero-order chi connectivity index (χ0) is 10.1. The summed E-state index contributed by atoms with van der Waals surface area (Å²) in [5, 5.41) is 12.9. The van der Waals surface area contributed by atoms with Crippen LogP contribution in [0.1, 0.15) is 10.4 Å².